The van der Waals surface area contributed by atoms with Gasteiger partial charge >= 0.3 is 0 Å². The summed E-state index contributed by atoms with van der Waals surface area (Å²) in [4.78, 5) is 27.4. The number of Topliss-reactive ketones (excluding diaryl/α,β-unsaturated/α-hetero) is 1. The van der Waals surface area contributed by atoms with Crippen LogP contribution in [0.4, 0.5) is 5.69 Å². The SMILES string of the molecule is COc1ccc(/C(O)=C2/C(=O)C(=O)N(c3ccc(C#N)cc3)C2c2ccc(C)o2)cc1Br. The number of aliphatic hydroxyl groups is 1. The summed E-state index contributed by atoms with van der Waals surface area (Å²) in [5.41, 5.74) is 1.06. The molecule has 0 aliphatic carbocycles. The second-order valence-electron chi connectivity index (χ2n) is 7.13. The molecule has 1 saturated heterocycles. The summed E-state index contributed by atoms with van der Waals surface area (Å²) < 4.78 is 11.6. The number of methoxy groups -OCH3 is 1. The average Bonchev–Trinajstić information content (AvgIpc) is 3.34. The highest BCUT2D eigenvalue weighted by Crippen LogP contribution is 2.43. The maximum absolute atomic E-state index is 13.1. The molecule has 4 rings (SSSR count). The molecule has 1 N–H and O–H groups in total. The van der Waals surface area contributed by atoms with Crippen molar-refractivity contribution in [2.24, 2.45) is 0 Å². The zero-order valence-corrected chi connectivity index (χ0v) is 18.7. The van der Waals surface area contributed by atoms with Gasteiger partial charge in [-0.3, -0.25) is 14.5 Å². The Morgan fingerprint density at radius 2 is 1.88 bits per heavy atom. The second-order valence-corrected chi connectivity index (χ2v) is 7.98. The number of anilines is 1. The van der Waals surface area contributed by atoms with E-state index in [4.69, 9.17) is 14.4 Å². The van der Waals surface area contributed by atoms with Gasteiger partial charge in [0.2, 0.25) is 0 Å². The van der Waals surface area contributed by atoms with Crippen LogP contribution < -0.4 is 9.64 Å². The van der Waals surface area contributed by atoms with Crippen LogP contribution in [0.25, 0.3) is 5.76 Å². The summed E-state index contributed by atoms with van der Waals surface area (Å²) in [6.45, 7) is 1.75. The third-order valence-electron chi connectivity index (χ3n) is 5.17. The fourth-order valence-corrected chi connectivity index (χ4v) is 4.17. The van der Waals surface area contributed by atoms with Gasteiger partial charge in [0.1, 0.15) is 29.1 Å². The van der Waals surface area contributed by atoms with Crippen LogP contribution in [0.1, 0.15) is 28.7 Å². The van der Waals surface area contributed by atoms with Gasteiger partial charge in [-0.15, -0.1) is 0 Å². The minimum atomic E-state index is -0.975. The fourth-order valence-electron chi connectivity index (χ4n) is 3.63. The van der Waals surface area contributed by atoms with Crippen molar-refractivity contribution in [1.29, 1.82) is 5.26 Å². The molecule has 1 unspecified atom stereocenters. The zero-order chi connectivity index (χ0) is 23.0. The van der Waals surface area contributed by atoms with Crippen molar-refractivity contribution < 1.29 is 23.8 Å². The van der Waals surface area contributed by atoms with Crippen LogP contribution in [0, 0.1) is 18.3 Å². The molecule has 2 aromatic carbocycles. The number of hydrogen-bond acceptors (Lipinski definition) is 6. The van der Waals surface area contributed by atoms with Crippen molar-refractivity contribution in [1.82, 2.24) is 0 Å². The number of aliphatic hydroxyl groups excluding tert-OH is 1. The van der Waals surface area contributed by atoms with E-state index in [1.807, 2.05) is 6.07 Å². The van der Waals surface area contributed by atoms with Crippen molar-refractivity contribution in [3.8, 4) is 11.8 Å². The van der Waals surface area contributed by atoms with E-state index in [1.54, 1.807) is 61.5 Å². The van der Waals surface area contributed by atoms with Gasteiger partial charge in [0, 0.05) is 11.3 Å². The number of carbonyl (C=O) groups is 2. The summed E-state index contributed by atoms with van der Waals surface area (Å²) in [6.07, 6.45) is 0. The second kappa shape index (κ2) is 8.36. The molecule has 2 heterocycles. The third kappa shape index (κ3) is 3.57. The molecular formula is C24H17BrN2O5. The molecule has 3 aromatic rings. The van der Waals surface area contributed by atoms with Crippen LogP contribution in [-0.2, 0) is 9.59 Å². The van der Waals surface area contributed by atoms with Gasteiger partial charge < -0.3 is 14.3 Å². The Bertz CT molecular complexity index is 1300. The standard InChI is InChI=1S/C24H17BrN2O5/c1-13-3-9-19(32-13)21-20(22(28)15-6-10-18(31-2)17(25)11-15)23(29)24(30)27(21)16-7-4-14(12-26)5-8-16/h3-11,21,28H,1-2H3/b22-20-. The van der Waals surface area contributed by atoms with Crippen LogP contribution in [0.15, 0.2) is 69.1 Å². The highest BCUT2D eigenvalue weighted by atomic mass is 79.9. The van der Waals surface area contributed by atoms with Gasteiger partial charge in [-0.05, 0) is 77.5 Å². The van der Waals surface area contributed by atoms with Crippen molar-refractivity contribution in [2.45, 2.75) is 13.0 Å². The largest absolute Gasteiger partial charge is 0.507 e. The summed E-state index contributed by atoms with van der Waals surface area (Å²) in [7, 11) is 1.52. The number of rotatable bonds is 4. The minimum Gasteiger partial charge on any atom is -0.507 e. The molecule has 1 fully saturated rings. The first-order valence-electron chi connectivity index (χ1n) is 9.57. The van der Waals surface area contributed by atoms with E-state index in [1.165, 1.54) is 12.0 Å². The number of nitriles is 1. The number of carbonyl (C=O) groups excluding carboxylic acids is 2. The van der Waals surface area contributed by atoms with Crippen molar-refractivity contribution in [3.63, 3.8) is 0 Å². The van der Waals surface area contributed by atoms with Crippen LogP contribution >= 0.6 is 15.9 Å². The van der Waals surface area contributed by atoms with Gasteiger partial charge in [0.15, 0.2) is 0 Å². The van der Waals surface area contributed by atoms with E-state index in [0.717, 1.165) is 0 Å². The lowest BCUT2D eigenvalue weighted by atomic mass is 9.99. The molecule has 32 heavy (non-hydrogen) atoms. The van der Waals surface area contributed by atoms with Crippen molar-refractivity contribution in [2.75, 3.05) is 12.0 Å². The molecule has 0 spiro atoms. The summed E-state index contributed by atoms with van der Waals surface area (Å²) in [6, 6.07) is 15.5. The molecule has 1 aromatic heterocycles. The number of benzene rings is 2. The Morgan fingerprint density at radius 3 is 2.44 bits per heavy atom. The summed E-state index contributed by atoms with van der Waals surface area (Å²) >= 11 is 3.37. The molecule has 1 amide bonds. The predicted octanol–water partition coefficient (Wildman–Crippen LogP) is 4.86. The molecule has 0 radical (unpaired) electrons. The van der Waals surface area contributed by atoms with E-state index < -0.39 is 17.7 Å². The van der Waals surface area contributed by atoms with Crippen molar-refractivity contribution >= 4 is 39.1 Å². The topological polar surface area (TPSA) is 104 Å². The molecule has 8 heteroatoms. The van der Waals surface area contributed by atoms with Crippen molar-refractivity contribution in [3.05, 3.63) is 87.3 Å². The van der Waals surface area contributed by atoms with E-state index in [9.17, 15) is 14.7 Å². The number of nitrogens with zero attached hydrogens (tertiary/aromatic N) is 2. The summed E-state index contributed by atoms with van der Waals surface area (Å²) in [5, 5.41) is 20.2. The van der Waals surface area contributed by atoms with E-state index in [0.29, 0.717) is 38.6 Å². The molecule has 1 atom stereocenters. The maximum Gasteiger partial charge on any atom is 0.300 e. The fraction of sp³-hybridized carbons (Fsp3) is 0.125. The first kappa shape index (κ1) is 21.4. The predicted molar refractivity (Wildman–Crippen MR) is 120 cm³/mol. The number of halogens is 1. The lowest BCUT2D eigenvalue weighted by Gasteiger charge is -2.23. The number of ketones is 1. The maximum atomic E-state index is 13.1. The smallest absolute Gasteiger partial charge is 0.300 e. The Labute approximate surface area is 192 Å². The first-order chi connectivity index (χ1) is 15.3. The Kier molecular flexibility index (Phi) is 5.59. The van der Waals surface area contributed by atoms with Crippen LogP contribution in [-0.4, -0.2) is 23.9 Å². The van der Waals surface area contributed by atoms with Crippen LogP contribution in [0.2, 0.25) is 0 Å². The number of furan rings is 1. The molecule has 0 saturated carbocycles. The van der Waals surface area contributed by atoms with Gasteiger partial charge in [-0.1, -0.05) is 0 Å². The van der Waals surface area contributed by atoms with Gasteiger partial charge in [-0.25, -0.2) is 0 Å². The Balaban J connectivity index is 1.91. The average molecular weight is 493 g/mol. The lowest BCUT2D eigenvalue weighted by molar-refractivity contribution is -0.132. The normalized spacial score (nSPS) is 17.4. The molecule has 1 aliphatic heterocycles. The highest BCUT2D eigenvalue weighted by Gasteiger charge is 2.48. The Hall–Kier alpha value is -3.83. The minimum absolute atomic E-state index is 0.0919. The van der Waals surface area contributed by atoms with Gasteiger partial charge in [-0.2, -0.15) is 5.26 Å². The number of aryl methyl sites for hydroxylation is 1. The molecular weight excluding hydrogens is 476 g/mol. The number of ether oxygens (including phenoxy) is 1. The van der Waals surface area contributed by atoms with Gasteiger partial charge in [0.05, 0.1) is 28.8 Å². The van der Waals surface area contributed by atoms with Crippen LogP contribution in [0.3, 0.4) is 0 Å². The Morgan fingerprint density at radius 1 is 1.16 bits per heavy atom. The molecule has 0 bridgehead atoms. The third-order valence-corrected chi connectivity index (χ3v) is 5.79. The zero-order valence-electron chi connectivity index (χ0n) is 17.1. The first-order valence-corrected chi connectivity index (χ1v) is 10.4. The van der Waals surface area contributed by atoms with E-state index in [2.05, 4.69) is 15.9 Å². The van der Waals surface area contributed by atoms with E-state index >= 15 is 0 Å². The number of amides is 1. The quantitative estimate of drug-likeness (QED) is 0.317. The van der Waals surface area contributed by atoms with Gasteiger partial charge in [0.25, 0.3) is 11.7 Å². The molecule has 160 valence electrons. The van der Waals surface area contributed by atoms with E-state index in [-0.39, 0.29) is 11.3 Å². The summed E-state index contributed by atoms with van der Waals surface area (Å²) in [5.74, 6) is -0.488. The monoisotopic (exact) mass is 492 g/mol. The lowest BCUT2D eigenvalue weighted by Crippen LogP contribution is -2.29. The number of hydrogen-bond donors (Lipinski definition) is 1. The molecule has 7 nitrogen and oxygen atoms in total. The molecule has 1 aliphatic rings. The highest BCUT2D eigenvalue weighted by molar-refractivity contribution is 9.10. The van der Waals surface area contributed by atoms with Crippen LogP contribution in [0.5, 0.6) is 5.75 Å².